The third kappa shape index (κ3) is 2.38. The van der Waals surface area contributed by atoms with Crippen LogP contribution in [-0.2, 0) is 0 Å². The SMILES string of the molecule is Cc1nccc(C(=O)c2ccc(C)c(C)c2)n1. The second-order valence-electron chi connectivity index (χ2n) is 4.12. The Morgan fingerprint density at radius 2 is 1.82 bits per heavy atom. The van der Waals surface area contributed by atoms with Gasteiger partial charge in [0.2, 0.25) is 5.78 Å². The highest BCUT2D eigenvalue weighted by Crippen LogP contribution is 2.13. The molecule has 0 atom stereocenters. The van der Waals surface area contributed by atoms with Crippen molar-refractivity contribution in [1.82, 2.24) is 9.97 Å². The Kier molecular flexibility index (Phi) is 3.00. The molecule has 1 aromatic carbocycles. The van der Waals surface area contributed by atoms with Crippen molar-refractivity contribution in [2.24, 2.45) is 0 Å². The fraction of sp³-hybridized carbons (Fsp3) is 0.214. The minimum atomic E-state index is -0.0569. The highest BCUT2D eigenvalue weighted by Gasteiger charge is 2.11. The van der Waals surface area contributed by atoms with Crippen LogP contribution in [0.2, 0.25) is 0 Å². The standard InChI is InChI=1S/C14H14N2O/c1-9-4-5-12(8-10(9)2)14(17)13-6-7-15-11(3)16-13/h4-8H,1-3H3. The van der Waals surface area contributed by atoms with Crippen LogP contribution in [-0.4, -0.2) is 15.8 Å². The maximum absolute atomic E-state index is 12.2. The minimum Gasteiger partial charge on any atom is -0.287 e. The second kappa shape index (κ2) is 4.45. The average molecular weight is 226 g/mol. The molecule has 2 aromatic rings. The van der Waals surface area contributed by atoms with E-state index >= 15 is 0 Å². The average Bonchev–Trinajstić information content (AvgIpc) is 2.32. The summed E-state index contributed by atoms with van der Waals surface area (Å²) in [5.41, 5.74) is 3.41. The third-order valence-electron chi connectivity index (χ3n) is 2.78. The number of aryl methyl sites for hydroxylation is 3. The second-order valence-corrected chi connectivity index (χ2v) is 4.12. The van der Waals surface area contributed by atoms with Crippen LogP contribution in [0.15, 0.2) is 30.5 Å². The molecule has 3 nitrogen and oxygen atoms in total. The van der Waals surface area contributed by atoms with Gasteiger partial charge in [0.15, 0.2) is 0 Å². The van der Waals surface area contributed by atoms with E-state index in [1.807, 2.05) is 32.0 Å². The summed E-state index contributed by atoms with van der Waals surface area (Å²) in [6, 6.07) is 7.33. The maximum Gasteiger partial charge on any atom is 0.211 e. The zero-order valence-electron chi connectivity index (χ0n) is 10.2. The number of carbonyl (C=O) groups excluding carboxylic acids is 1. The number of nitrogens with zero attached hydrogens (tertiary/aromatic N) is 2. The first-order chi connectivity index (χ1) is 8.08. The van der Waals surface area contributed by atoms with Gasteiger partial charge in [-0.2, -0.15) is 0 Å². The van der Waals surface area contributed by atoms with Crippen molar-refractivity contribution in [3.63, 3.8) is 0 Å². The van der Waals surface area contributed by atoms with Crippen LogP contribution in [0.5, 0.6) is 0 Å². The van der Waals surface area contributed by atoms with E-state index in [9.17, 15) is 4.79 Å². The number of benzene rings is 1. The van der Waals surface area contributed by atoms with E-state index in [1.54, 1.807) is 19.2 Å². The summed E-state index contributed by atoms with van der Waals surface area (Å²) in [5.74, 6) is 0.554. The normalized spacial score (nSPS) is 10.3. The fourth-order valence-electron chi connectivity index (χ4n) is 1.61. The number of ketones is 1. The molecule has 86 valence electrons. The summed E-state index contributed by atoms with van der Waals surface area (Å²) in [6.07, 6.45) is 1.61. The van der Waals surface area contributed by atoms with Gasteiger partial charge in [0.05, 0.1) is 0 Å². The number of carbonyl (C=O) groups is 1. The van der Waals surface area contributed by atoms with Crippen molar-refractivity contribution in [2.45, 2.75) is 20.8 Å². The molecular weight excluding hydrogens is 212 g/mol. The molecule has 2 rings (SSSR count). The first-order valence-corrected chi connectivity index (χ1v) is 5.49. The van der Waals surface area contributed by atoms with E-state index in [-0.39, 0.29) is 5.78 Å². The van der Waals surface area contributed by atoms with Gasteiger partial charge in [-0.3, -0.25) is 4.79 Å². The van der Waals surface area contributed by atoms with Gasteiger partial charge in [-0.1, -0.05) is 12.1 Å². The Morgan fingerprint density at radius 1 is 1.06 bits per heavy atom. The van der Waals surface area contributed by atoms with E-state index < -0.39 is 0 Å². The molecule has 0 amide bonds. The first kappa shape index (κ1) is 11.5. The Hall–Kier alpha value is -2.03. The molecule has 0 spiro atoms. The summed E-state index contributed by atoms with van der Waals surface area (Å²) < 4.78 is 0. The summed E-state index contributed by atoms with van der Waals surface area (Å²) in [7, 11) is 0. The molecule has 0 bridgehead atoms. The minimum absolute atomic E-state index is 0.0569. The lowest BCUT2D eigenvalue weighted by atomic mass is 10.0. The lowest BCUT2D eigenvalue weighted by Gasteiger charge is -2.04. The molecule has 0 unspecified atom stereocenters. The molecule has 0 saturated carbocycles. The molecule has 0 N–H and O–H groups in total. The van der Waals surface area contributed by atoms with Gasteiger partial charge in [0.25, 0.3) is 0 Å². The molecule has 0 radical (unpaired) electrons. The third-order valence-corrected chi connectivity index (χ3v) is 2.78. The Balaban J connectivity index is 2.40. The molecule has 0 aliphatic carbocycles. The van der Waals surface area contributed by atoms with Crippen molar-refractivity contribution in [3.8, 4) is 0 Å². The largest absolute Gasteiger partial charge is 0.287 e. The van der Waals surface area contributed by atoms with Crippen LogP contribution in [0.4, 0.5) is 0 Å². The monoisotopic (exact) mass is 226 g/mol. The Bertz CT molecular complexity index is 576. The summed E-state index contributed by atoms with van der Waals surface area (Å²) in [5, 5.41) is 0. The van der Waals surface area contributed by atoms with Crippen LogP contribution < -0.4 is 0 Å². The van der Waals surface area contributed by atoms with Crippen LogP contribution in [0.3, 0.4) is 0 Å². The van der Waals surface area contributed by atoms with Crippen LogP contribution >= 0.6 is 0 Å². The summed E-state index contributed by atoms with van der Waals surface area (Å²) in [4.78, 5) is 20.3. The zero-order valence-corrected chi connectivity index (χ0v) is 10.2. The Labute approximate surface area is 101 Å². The molecule has 1 aromatic heterocycles. The number of hydrogen-bond donors (Lipinski definition) is 0. The zero-order chi connectivity index (χ0) is 12.4. The highest BCUT2D eigenvalue weighted by atomic mass is 16.1. The smallest absolute Gasteiger partial charge is 0.211 e. The number of rotatable bonds is 2. The van der Waals surface area contributed by atoms with E-state index in [1.165, 1.54) is 5.56 Å². The first-order valence-electron chi connectivity index (χ1n) is 5.49. The van der Waals surface area contributed by atoms with Gasteiger partial charge in [0, 0.05) is 11.8 Å². The molecule has 1 heterocycles. The van der Waals surface area contributed by atoms with Crippen molar-refractivity contribution in [3.05, 3.63) is 58.7 Å². The molecule has 3 heteroatoms. The number of aromatic nitrogens is 2. The van der Waals surface area contributed by atoms with Gasteiger partial charge in [-0.05, 0) is 44.0 Å². The van der Waals surface area contributed by atoms with Crippen molar-refractivity contribution >= 4 is 5.78 Å². The number of hydrogen-bond acceptors (Lipinski definition) is 3. The Morgan fingerprint density at radius 3 is 2.47 bits per heavy atom. The molecule has 0 aliphatic heterocycles. The lowest BCUT2D eigenvalue weighted by molar-refractivity contribution is 0.103. The summed E-state index contributed by atoms with van der Waals surface area (Å²) in [6.45, 7) is 5.80. The van der Waals surface area contributed by atoms with E-state index in [4.69, 9.17) is 0 Å². The van der Waals surface area contributed by atoms with E-state index in [2.05, 4.69) is 9.97 Å². The van der Waals surface area contributed by atoms with Crippen molar-refractivity contribution in [1.29, 1.82) is 0 Å². The van der Waals surface area contributed by atoms with Gasteiger partial charge in [0.1, 0.15) is 11.5 Å². The van der Waals surface area contributed by atoms with Crippen LogP contribution in [0, 0.1) is 20.8 Å². The molecule has 0 fully saturated rings. The summed E-state index contributed by atoms with van der Waals surface area (Å²) >= 11 is 0. The van der Waals surface area contributed by atoms with Gasteiger partial charge >= 0.3 is 0 Å². The predicted octanol–water partition coefficient (Wildman–Crippen LogP) is 2.63. The quantitative estimate of drug-likeness (QED) is 0.739. The van der Waals surface area contributed by atoms with Crippen LogP contribution in [0.1, 0.15) is 33.0 Å². The fourth-order valence-corrected chi connectivity index (χ4v) is 1.61. The topological polar surface area (TPSA) is 42.9 Å². The molecule has 0 aliphatic rings. The van der Waals surface area contributed by atoms with E-state index in [0.717, 1.165) is 5.56 Å². The maximum atomic E-state index is 12.2. The molecule has 17 heavy (non-hydrogen) atoms. The highest BCUT2D eigenvalue weighted by molar-refractivity contribution is 6.07. The van der Waals surface area contributed by atoms with Crippen molar-refractivity contribution < 1.29 is 4.79 Å². The van der Waals surface area contributed by atoms with E-state index in [0.29, 0.717) is 17.1 Å². The van der Waals surface area contributed by atoms with Gasteiger partial charge in [-0.25, -0.2) is 9.97 Å². The lowest BCUT2D eigenvalue weighted by Crippen LogP contribution is -2.06. The molecular formula is C14H14N2O. The van der Waals surface area contributed by atoms with Gasteiger partial charge < -0.3 is 0 Å². The predicted molar refractivity (Wildman–Crippen MR) is 66.1 cm³/mol. The molecule has 0 saturated heterocycles. The van der Waals surface area contributed by atoms with Crippen LogP contribution in [0.25, 0.3) is 0 Å². The van der Waals surface area contributed by atoms with Crippen molar-refractivity contribution in [2.75, 3.05) is 0 Å². The van der Waals surface area contributed by atoms with Gasteiger partial charge in [-0.15, -0.1) is 0 Å².